The molecule has 3 aromatic rings. The summed E-state index contributed by atoms with van der Waals surface area (Å²) >= 11 is 5.01. The summed E-state index contributed by atoms with van der Waals surface area (Å²) in [5.41, 5.74) is 8.54. The van der Waals surface area contributed by atoms with E-state index in [4.69, 9.17) is 10.3 Å². The number of benzene rings is 1. The van der Waals surface area contributed by atoms with Crippen molar-refractivity contribution in [3.8, 4) is 22.2 Å². The standard InChI is InChI=1S/C14H13BrN4OS/c1-7-3-4-9(10(15)5-7)13-18-14(20-19-13)12-8(2)17-11(6-16)21-12/h3-5H,6,16H2,1-2H3. The van der Waals surface area contributed by atoms with Crippen LogP contribution >= 0.6 is 27.3 Å². The minimum Gasteiger partial charge on any atom is -0.333 e. The van der Waals surface area contributed by atoms with Crippen molar-refractivity contribution in [2.75, 3.05) is 0 Å². The summed E-state index contributed by atoms with van der Waals surface area (Å²) in [5, 5.41) is 4.92. The number of hydrogen-bond donors (Lipinski definition) is 1. The Labute approximate surface area is 134 Å². The van der Waals surface area contributed by atoms with Crippen LogP contribution < -0.4 is 5.73 Å². The highest BCUT2D eigenvalue weighted by atomic mass is 79.9. The molecular weight excluding hydrogens is 352 g/mol. The predicted molar refractivity (Wildman–Crippen MR) is 85.9 cm³/mol. The molecule has 0 saturated heterocycles. The minimum absolute atomic E-state index is 0.413. The second kappa shape index (κ2) is 5.67. The van der Waals surface area contributed by atoms with E-state index in [1.165, 1.54) is 16.9 Å². The first-order valence-electron chi connectivity index (χ1n) is 6.35. The summed E-state index contributed by atoms with van der Waals surface area (Å²) in [6.45, 7) is 4.36. The molecule has 0 aliphatic rings. The first-order valence-corrected chi connectivity index (χ1v) is 7.96. The summed E-state index contributed by atoms with van der Waals surface area (Å²) in [6, 6.07) is 6.01. The van der Waals surface area contributed by atoms with Gasteiger partial charge in [0.15, 0.2) is 0 Å². The Morgan fingerprint density at radius 1 is 1.29 bits per heavy atom. The Kier molecular flexibility index (Phi) is 3.88. The van der Waals surface area contributed by atoms with Gasteiger partial charge >= 0.3 is 0 Å². The third-order valence-electron chi connectivity index (χ3n) is 3.00. The normalized spacial score (nSPS) is 11.0. The summed E-state index contributed by atoms with van der Waals surface area (Å²) in [5.74, 6) is 1.03. The molecule has 0 saturated carbocycles. The minimum atomic E-state index is 0.413. The molecular formula is C14H13BrN4OS. The maximum atomic E-state index is 5.62. The SMILES string of the molecule is Cc1ccc(-c2noc(-c3sc(CN)nc3C)n2)c(Br)c1. The largest absolute Gasteiger partial charge is 0.333 e. The van der Waals surface area contributed by atoms with Crippen LogP contribution in [0.2, 0.25) is 0 Å². The van der Waals surface area contributed by atoms with Gasteiger partial charge < -0.3 is 10.3 Å². The first kappa shape index (κ1) is 14.4. The summed E-state index contributed by atoms with van der Waals surface area (Å²) in [7, 11) is 0. The van der Waals surface area contributed by atoms with Gasteiger partial charge in [-0.2, -0.15) is 4.98 Å². The van der Waals surface area contributed by atoms with Crippen molar-refractivity contribution in [3.05, 3.63) is 38.9 Å². The highest BCUT2D eigenvalue weighted by Crippen LogP contribution is 2.32. The smallest absolute Gasteiger partial charge is 0.270 e. The predicted octanol–water partition coefficient (Wildman–Crippen LogP) is 3.70. The monoisotopic (exact) mass is 364 g/mol. The van der Waals surface area contributed by atoms with E-state index >= 15 is 0 Å². The Bertz CT molecular complexity index is 796. The lowest BCUT2D eigenvalue weighted by molar-refractivity contribution is 0.433. The van der Waals surface area contributed by atoms with Crippen LogP contribution in [0.5, 0.6) is 0 Å². The molecule has 2 N–H and O–H groups in total. The molecule has 2 heterocycles. The quantitative estimate of drug-likeness (QED) is 0.766. The molecule has 0 aliphatic heterocycles. The number of rotatable bonds is 3. The molecule has 0 spiro atoms. The van der Waals surface area contributed by atoms with Gasteiger partial charge in [-0.05, 0) is 31.5 Å². The van der Waals surface area contributed by atoms with Gasteiger partial charge in [0.05, 0.1) is 5.69 Å². The zero-order valence-electron chi connectivity index (χ0n) is 11.6. The van der Waals surface area contributed by atoms with E-state index in [1.807, 2.05) is 32.0 Å². The zero-order valence-corrected chi connectivity index (χ0v) is 14.0. The molecule has 108 valence electrons. The van der Waals surface area contributed by atoms with Crippen molar-refractivity contribution in [2.45, 2.75) is 20.4 Å². The van der Waals surface area contributed by atoms with Crippen molar-refractivity contribution in [2.24, 2.45) is 5.73 Å². The summed E-state index contributed by atoms with van der Waals surface area (Å²) < 4.78 is 6.32. The van der Waals surface area contributed by atoms with Crippen LogP contribution in [-0.4, -0.2) is 15.1 Å². The Balaban J connectivity index is 2.01. The van der Waals surface area contributed by atoms with Crippen LogP contribution in [0.15, 0.2) is 27.2 Å². The van der Waals surface area contributed by atoms with Crippen LogP contribution in [0.1, 0.15) is 16.3 Å². The summed E-state index contributed by atoms with van der Waals surface area (Å²) in [6.07, 6.45) is 0. The van der Waals surface area contributed by atoms with Gasteiger partial charge in [-0.15, -0.1) is 11.3 Å². The molecule has 0 fully saturated rings. The fourth-order valence-corrected chi connectivity index (χ4v) is 3.50. The second-order valence-electron chi connectivity index (χ2n) is 4.63. The van der Waals surface area contributed by atoms with Gasteiger partial charge in [-0.3, -0.25) is 0 Å². The average Bonchev–Trinajstić information content (AvgIpc) is 3.05. The molecule has 3 rings (SSSR count). The molecule has 7 heteroatoms. The molecule has 0 atom stereocenters. The zero-order chi connectivity index (χ0) is 15.0. The maximum Gasteiger partial charge on any atom is 0.270 e. The lowest BCUT2D eigenvalue weighted by Gasteiger charge is -1.99. The van der Waals surface area contributed by atoms with E-state index in [0.717, 1.165) is 25.6 Å². The lowest BCUT2D eigenvalue weighted by atomic mass is 10.1. The van der Waals surface area contributed by atoms with Crippen molar-refractivity contribution in [3.63, 3.8) is 0 Å². The number of nitrogens with zero attached hydrogens (tertiary/aromatic N) is 3. The topological polar surface area (TPSA) is 77.8 Å². The van der Waals surface area contributed by atoms with Crippen molar-refractivity contribution in [1.82, 2.24) is 15.1 Å². The average molecular weight is 365 g/mol. The number of thiazole rings is 1. The Hall–Kier alpha value is -1.57. The number of nitrogens with two attached hydrogens (primary N) is 1. The third kappa shape index (κ3) is 2.76. The van der Waals surface area contributed by atoms with E-state index in [2.05, 4.69) is 31.1 Å². The van der Waals surface area contributed by atoms with Gasteiger partial charge in [-0.1, -0.05) is 27.2 Å². The molecule has 0 bridgehead atoms. The maximum absolute atomic E-state index is 5.62. The van der Waals surface area contributed by atoms with E-state index in [9.17, 15) is 0 Å². The number of aromatic nitrogens is 3. The molecule has 2 aromatic heterocycles. The van der Waals surface area contributed by atoms with E-state index < -0.39 is 0 Å². The van der Waals surface area contributed by atoms with Crippen LogP contribution in [0.3, 0.4) is 0 Å². The van der Waals surface area contributed by atoms with Gasteiger partial charge in [0, 0.05) is 16.6 Å². The van der Waals surface area contributed by atoms with Crippen LogP contribution in [-0.2, 0) is 6.54 Å². The molecule has 0 radical (unpaired) electrons. The van der Waals surface area contributed by atoms with Crippen LogP contribution in [0, 0.1) is 13.8 Å². The highest BCUT2D eigenvalue weighted by molar-refractivity contribution is 9.10. The van der Waals surface area contributed by atoms with E-state index in [0.29, 0.717) is 18.3 Å². The van der Waals surface area contributed by atoms with Crippen LogP contribution in [0.4, 0.5) is 0 Å². The van der Waals surface area contributed by atoms with Crippen molar-refractivity contribution in [1.29, 1.82) is 0 Å². The van der Waals surface area contributed by atoms with Crippen molar-refractivity contribution >= 4 is 27.3 Å². The number of hydrogen-bond acceptors (Lipinski definition) is 6. The third-order valence-corrected chi connectivity index (χ3v) is 4.83. The summed E-state index contributed by atoms with van der Waals surface area (Å²) in [4.78, 5) is 9.72. The Morgan fingerprint density at radius 3 is 2.76 bits per heavy atom. The highest BCUT2D eigenvalue weighted by Gasteiger charge is 2.17. The van der Waals surface area contributed by atoms with Crippen molar-refractivity contribution < 1.29 is 4.52 Å². The molecule has 1 aromatic carbocycles. The molecule has 5 nitrogen and oxygen atoms in total. The molecule has 0 aliphatic carbocycles. The van der Waals surface area contributed by atoms with E-state index in [1.54, 1.807) is 0 Å². The van der Waals surface area contributed by atoms with E-state index in [-0.39, 0.29) is 0 Å². The number of aryl methyl sites for hydroxylation is 2. The van der Waals surface area contributed by atoms with Gasteiger partial charge in [0.1, 0.15) is 9.88 Å². The second-order valence-corrected chi connectivity index (χ2v) is 6.57. The van der Waals surface area contributed by atoms with Gasteiger partial charge in [-0.25, -0.2) is 4.98 Å². The number of halogens is 1. The molecule has 0 unspecified atom stereocenters. The fourth-order valence-electron chi connectivity index (χ4n) is 1.96. The Morgan fingerprint density at radius 2 is 2.10 bits per heavy atom. The first-order chi connectivity index (χ1) is 10.1. The van der Waals surface area contributed by atoms with Crippen LogP contribution in [0.25, 0.3) is 22.2 Å². The van der Waals surface area contributed by atoms with Gasteiger partial charge in [0.25, 0.3) is 5.89 Å². The fraction of sp³-hybridized carbons (Fsp3) is 0.214. The lowest BCUT2D eigenvalue weighted by Crippen LogP contribution is -1.94. The molecule has 21 heavy (non-hydrogen) atoms. The van der Waals surface area contributed by atoms with Gasteiger partial charge in [0.2, 0.25) is 5.82 Å². The molecule has 0 amide bonds.